The molecule has 1 amide bonds. The highest BCUT2D eigenvalue weighted by molar-refractivity contribution is 5.78. The van der Waals surface area contributed by atoms with Gasteiger partial charge in [-0.1, -0.05) is 12.8 Å². The number of nitrogens with zero attached hydrogens (tertiary/aromatic N) is 1. The molecule has 1 fully saturated rings. The van der Waals surface area contributed by atoms with Gasteiger partial charge in [-0.25, -0.2) is 0 Å². The van der Waals surface area contributed by atoms with Crippen LogP contribution >= 0.6 is 0 Å². The van der Waals surface area contributed by atoms with Gasteiger partial charge in [0.2, 0.25) is 5.91 Å². The van der Waals surface area contributed by atoms with Crippen LogP contribution in [0.5, 0.6) is 0 Å². The molecule has 1 aliphatic carbocycles. The predicted octanol–water partition coefficient (Wildman–Crippen LogP) is 0.819. The second kappa shape index (κ2) is 7.67. The monoisotopic (exact) mass is 241 g/mol. The van der Waals surface area contributed by atoms with Crippen molar-refractivity contribution in [3.63, 3.8) is 0 Å². The second-order valence-electron chi connectivity index (χ2n) is 5.40. The molecule has 2 atom stereocenters. The third-order valence-corrected chi connectivity index (χ3v) is 3.59. The Bertz CT molecular complexity index is 229. The van der Waals surface area contributed by atoms with E-state index in [1.165, 1.54) is 12.8 Å². The number of nitrogens with one attached hydrogen (secondary N) is 1. The van der Waals surface area contributed by atoms with Crippen molar-refractivity contribution in [3.05, 3.63) is 0 Å². The van der Waals surface area contributed by atoms with E-state index in [-0.39, 0.29) is 11.8 Å². The van der Waals surface area contributed by atoms with E-state index in [2.05, 4.69) is 10.2 Å². The largest absolute Gasteiger partial charge is 0.355 e. The molecule has 100 valence electrons. The van der Waals surface area contributed by atoms with Gasteiger partial charge >= 0.3 is 0 Å². The zero-order valence-electron chi connectivity index (χ0n) is 11.2. The molecule has 0 radical (unpaired) electrons. The quantitative estimate of drug-likeness (QED) is 0.724. The Hall–Kier alpha value is -0.610. The fourth-order valence-electron chi connectivity index (χ4n) is 2.57. The van der Waals surface area contributed by atoms with Crippen molar-refractivity contribution in [1.29, 1.82) is 0 Å². The van der Waals surface area contributed by atoms with Gasteiger partial charge in [-0.3, -0.25) is 4.79 Å². The topological polar surface area (TPSA) is 58.4 Å². The first-order valence-electron chi connectivity index (χ1n) is 6.76. The van der Waals surface area contributed by atoms with Gasteiger partial charge in [0.25, 0.3) is 0 Å². The summed E-state index contributed by atoms with van der Waals surface area (Å²) in [5, 5.41) is 3.03. The van der Waals surface area contributed by atoms with Crippen LogP contribution in [0.1, 0.15) is 32.1 Å². The fraction of sp³-hybridized carbons (Fsp3) is 0.923. The van der Waals surface area contributed by atoms with Crippen molar-refractivity contribution in [2.24, 2.45) is 17.6 Å². The van der Waals surface area contributed by atoms with E-state index >= 15 is 0 Å². The van der Waals surface area contributed by atoms with Crippen LogP contribution < -0.4 is 11.1 Å². The van der Waals surface area contributed by atoms with Crippen molar-refractivity contribution in [2.45, 2.75) is 32.1 Å². The minimum absolute atomic E-state index is 0.225. The molecule has 3 N–H and O–H groups in total. The fourth-order valence-corrected chi connectivity index (χ4v) is 2.57. The second-order valence-corrected chi connectivity index (χ2v) is 5.40. The Kier molecular flexibility index (Phi) is 6.52. The van der Waals surface area contributed by atoms with Gasteiger partial charge in [0.05, 0.1) is 0 Å². The molecule has 1 aliphatic rings. The molecule has 4 heteroatoms. The van der Waals surface area contributed by atoms with E-state index < -0.39 is 0 Å². The number of hydrogen-bond donors (Lipinski definition) is 2. The molecular weight excluding hydrogens is 214 g/mol. The lowest BCUT2D eigenvalue weighted by atomic mass is 9.79. The van der Waals surface area contributed by atoms with Crippen molar-refractivity contribution >= 4 is 5.91 Å². The van der Waals surface area contributed by atoms with Crippen LogP contribution in [0.4, 0.5) is 0 Å². The summed E-state index contributed by atoms with van der Waals surface area (Å²) in [6, 6.07) is 0. The van der Waals surface area contributed by atoms with E-state index in [1.54, 1.807) is 0 Å². The van der Waals surface area contributed by atoms with Crippen LogP contribution in [0, 0.1) is 11.8 Å². The minimum Gasteiger partial charge on any atom is -0.355 e. The van der Waals surface area contributed by atoms with Crippen molar-refractivity contribution in [2.75, 3.05) is 33.7 Å². The summed E-state index contributed by atoms with van der Waals surface area (Å²) in [6.45, 7) is 2.41. The first-order valence-corrected chi connectivity index (χ1v) is 6.76. The molecule has 4 nitrogen and oxygen atoms in total. The van der Waals surface area contributed by atoms with Crippen molar-refractivity contribution in [1.82, 2.24) is 10.2 Å². The molecule has 0 heterocycles. The molecule has 1 rings (SSSR count). The molecule has 0 bridgehead atoms. The molecule has 0 aromatic heterocycles. The number of nitrogens with two attached hydrogens (primary N) is 1. The third-order valence-electron chi connectivity index (χ3n) is 3.59. The predicted molar refractivity (Wildman–Crippen MR) is 70.7 cm³/mol. The SMILES string of the molecule is CN(C)CCNC(=O)C1CCCC(CCN)C1. The van der Waals surface area contributed by atoms with Crippen LogP contribution in [0.15, 0.2) is 0 Å². The van der Waals surface area contributed by atoms with Gasteiger partial charge in [0, 0.05) is 19.0 Å². The third kappa shape index (κ3) is 5.50. The lowest BCUT2D eigenvalue weighted by Gasteiger charge is -2.28. The van der Waals surface area contributed by atoms with Crippen LogP contribution in [-0.4, -0.2) is 44.5 Å². The molecule has 2 unspecified atom stereocenters. The molecular formula is C13H27N3O. The Balaban J connectivity index is 2.25. The minimum atomic E-state index is 0.225. The lowest BCUT2D eigenvalue weighted by Crippen LogP contribution is -2.37. The molecule has 0 spiro atoms. The van der Waals surface area contributed by atoms with Crippen molar-refractivity contribution < 1.29 is 4.79 Å². The highest BCUT2D eigenvalue weighted by Gasteiger charge is 2.26. The maximum absolute atomic E-state index is 12.0. The number of carbonyl (C=O) groups excluding carboxylic acids is 1. The first kappa shape index (κ1) is 14.5. The van der Waals surface area contributed by atoms with E-state index in [4.69, 9.17) is 5.73 Å². The molecule has 0 aliphatic heterocycles. The van der Waals surface area contributed by atoms with Crippen molar-refractivity contribution in [3.8, 4) is 0 Å². The van der Waals surface area contributed by atoms with Gasteiger partial charge < -0.3 is 16.0 Å². The van der Waals surface area contributed by atoms with Crippen LogP contribution in [-0.2, 0) is 4.79 Å². The summed E-state index contributed by atoms with van der Waals surface area (Å²) < 4.78 is 0. The van der Waals surface area contributed by atoms with E-state index in [9.17, 15) is 4.79 Å². The molecule has 0 aromatic carbocycles. The maximum Gasteiger partial charge on any atom is 0.223 e. The number of amides is 1. The van der Waals surface area contributed by atoms with E-state index in [0.29, 0.717) is 5.92 Å². The zero-order valence-corrected chi connectivity index (χ0v) is 11.2. The molecule has 0 aromatic rings. The van der Waals surface area contributed by atoms with Crippen LogP contribution in [0.25, 0.3) is 0 Å². The highest BCUT2D eigenvalue weighted by atomic mass is 16.1. The number of carbonyl (C=O) groups is 1. The number of hydrogen-bond acceptors (Lipinski definition) is 3. The standard InChI is InChI=1S/C13H27N3O/c1-16(2)9-8-15-13(17)12-5-3-4-11(10-12)6-7-14/h11-12H,3-10,14H2,1-2H3,(H,15,17). The number of likely N-dealkylation sites (N-methyl/N-ethyl adjacent to an activating group) is 1. The summed E-state index contributed by atoms with van der Waals surface area (Å²) in [4.78, 5) is 14.1. The van der Waals surface area contributed by atoms with Gasteiger partial charge in [-0.2, -0.15) is 0 Å². The Morgan fingerprint density at radius 2 is 2.18 bits per heavy atom. The summed E-state index contributed by atoms with van der Waals surface area (Å²) >= 11 is 0. The van der Waals surface area contributed by atoms with Gasteiger partial charge in [-0.05, 0) is 45.8 Å². The highest BCUT2D eigenvalue weighted by Crippen LogP contribution is 2.30. The zero-order chi connectivity index (χ0) is 12.7. The summed E-state index contributed by atoms with van der Waals surface area (Å²) in [6.07, 6.45) is 5.58. The molecule has 17 heavy (non-hydrogen) atoms. The normalized spacial score (nSPS) is 24.9. The Labute approximate surface area is 105 Å². The summed E-state index contributed by atoms with van der Waals surface area (Å²) in [5.41, 5.74) is 5.59. The lowest BCUT2D eigenvalue weighted by molar-refractivity contribution is -0.126. The molecule has 1 saturated carbocycles. The summed E-state index contributed by atoms with van der Waals surface area (Å²) in [5.74, 6) is 1.13. The smallest absolute Gasteiger partial charge is 0.223 e. The average Bonchev–Trinajstić information content (AvgIpc) is 2.29. The van der Waals surface area contributed by atoms with Gasteiger partial charge in [0.15, 0.2) is 0 Å². The number of rotatable bonds is 6. The first-order chi connectivity index (χ1) is 8.13. The van der Waals surface area contributed by atoms with Crippen LogP contribution in [0.2, 0.25) is 0 Å². The van der Waals surface area contributed by atoms with Gasteiger partial charge in [0.1, 0.15) is 0 Å². The van der Waals surface area contributed by atoms with E-state index in [1.807, 2.05) is 14.1 Å². The molecule has 0 saturated heterocycles. The average molecular weight is 241 g/mol. The van der Waals surface area contributed by atoms with E-state index in [0.717, 1.165) is 38.9 Å². The summed E-state index contributed by atoms with van der Waals surface area (Å²) in [7, 11) is 4.04. The van der Waals surface area contributed by atoms with Gasteiger partial charge in [-0.15, -0.1) is 0 Å². The Morgan fingerprint density at radius 3 is 2.82 bits per heavy atom. The Morgan fingerprint density at radius 1 is 1.41 bits per heavy atom. The van der Waals surface area contributed by atoms with Crippen LogP contribution in [0.3, 0.4) is 0 Å². The maximum atomic E-state index is 12.0.